The monoisotopic (exact) mass is 496 g/mol. The summed E-state index contributed by atoms with van der Waals surface area (Å²) >= 11 is 3.33. The molecule has 0 saturated carbocycles. The van der Waals surface area contributed by atoms with Gasteiger partial charge >= 0.3 is 0 Å². The molecular formula is C17H13IN4O4S. The molecule has 3 aromatic rings. The van der Waals surface area contributed by atoms with E-state index >= 15 is 0 Å². The number of amides is 1. The van der Waals surface area contributed by atoms with Gasteiger partial charge in [-0.1, -0.05) is 11.8 Å². The van der Waals surface area contributed by atoms with Gasteiger partial charge in [-0.25, -0.2) is 0 Å². The molecule has 10 heteroatoms. The van der Waals surface area contributed by atoms with Crippen molar-refractivity contribution in [1.29, 1.82) is 0 Å². The largest absolute Gasteiger partial charge is 0.411 e. The molecule has 0 saturated heterocycles. The molecule has 1 amide bonds. The number of nitro benzene ring substituents is 1. The molecule has 0 unspecified atom stereocenters. The number of aromatic nitrogens is 2. The van der Waals surface area contributed by atoms with Crippen molar-refractivity contribution < 1.29 is 14.1 Å². The molecule has 1 heterocycles. The van der Waals surface area contributed by atoms with Crippen LogP contribution in [0.25, 0.3) is 11.5 Å². The van der Waals surface area contributed by atoms with Crippen molar-refractivity contribution in [3.05, 3.63) is 61.7 Å². The topological polar surface area (TPSA) is 111 Å². The van der Waals surface area contributed by atoms with E-state index in [4.69, 9.17) is 4.42 Å². The lowest BCUT2D eigenvalue weighted by Crippen LogP contribution is -2.14. The number of aryl methyl sites for hydroxylation is 1. The first-order valence-corrected chi connectivity index (χ1v) is 9.76. The third kappa shape index (κ3) is 5.04. The van der Waals surface area contributed by atoms with E-state index in [-0.39, 0.29) is 28.5 Å². The number of rotatable bonds is 6. The Bertz CT molecular complexity index is 991. The molecule has 8 nitrogen and oxygen atoms in total. The van der Waals surface area contributed by atoms with E-state index < -0.39 is 4.92 Å². The smallest absolute Gasteiger partial charge is 0.277 e. The number of hydrogen-bond donors (Lipinski definition) is 1. The molecule has 0 radical (unpaired) electrons. The first-order chi connectivity index (χ1) is 12.9. The summed E-state index contributed by atoms with van der Waals surface area (Å²) < 4.78 is 6.60. The van der Waals surface area contributed by atoms with Crippen LogP contribution in [0.3, 0.4) is 0 Å². The fourth-order valence-electron chi connectivity index (χ4n) is 2.19. The highest BCUT2D eigenvalue weighted by Gasteiger charge is 2.13. The fraction of sp³-hybridized carbons (Fsp3) is 0.118. The van der Waals surface area contributed by atoms with Crippen molar-refractivity contribution >= 4 is 51.6 Å². The second-order valence-corrected chi connectivity index (χ2v) is 7.65. The van der Waals surface area contributed by atoms with Gasteiger partial charge in [0.2, 0.25) is 11.8 Å². The van der Waals surface area contributed by atoms with Crippen LogP contribution in [0.4, 0.5) is 11.4 Å². The number of hydrogen-bond acceptors (Lipinski definition) is 7. The van der Waals surface area contributed by atoms with Crippen LogP contribution >= 0.6 is 34.4 Å². The first kappa shape index (κ1) is 19.3. The fourth-order valence-corrected chi connectivity index (χ4v) is 3.40. The molecule has 0 aliphatic heterocycles. The van der Waals surface area contributed by atoms with Gasteiger partial charge in [0.15, 0.2) is 0 Å². The normalized spacial score (nSPS) is 10.6. The summed E-state index contributed by atoms with van der Waals surface area (Å²) in [6.07, 6.45) is 0. The van der Waals surface area contributed by atoms with Gasteiger partial charge in [-0.05, 0) is 65.4 Å². The van der Waals surface area contributed by atoms with Crippen molar-refractivity contribution in [3.63, 3.8) is 0 Å². The van der Waals surface area contributed by atoms with Crippen LogP contribution in [0, 0.1) is 20.6 Å². The average molecular weight is 496 g/mol. The minimum atomic E-state index is -0.479. The third-order valence-corrected chi connectivity index (χ3v) is 5.01. The molecule has 0 fully saturated rings. The van der Waals surface area contributed by atoms with Crippen LogP contribution < -0.4 is 5.32 Å². The van der Waals surface area contributed by atoms with E-state index in [2.05, 4.69) is 38.1 Å². The Balaban J connectivity index is 1.59. The minimum Gasteiger partial charge on any atom is -0.411 e. The Morgan fingerprint density at radius 3 is 2.67 bits per heavy atom. The lowest BCUT2D eigenvalue weighted by Gasteiger charge is -2.07. The number of thioether (sulfide) groups is 1. The molecule has 0 aliphatic rings. The van der Waals surface area contributed by atoms with Gasteiger partial charge in [-0.2, -0.15) is 0 Å². The van der Waals surface area contributed by atoms with E-state index in [1.54, 1.807) is 0 Å². The summed E-state index contributed by atoms with van der Waals surface area (Å²) in [5.41, 5.74) is 2.30. The quantitative estimate of drug-likeness (QED) is 0.235. The summed E-state index contributed by atoms with van der Waals surface area (Å²) in [4.78, 5) is 22.3. The Hall–Kier alpha value is -2.47. The summed E-state index contributed by atoms with van der Waals surface area (Å²) in [5.74, 6) is 0.175. The SMILES string of the molecule is Cc1cc(I)ccc1NC(=O)CSc1nnc(-c2ccc([N+](=O)[O-])cc2)o1. The molecule has 0 atom stereocenters. The second-order valence-electron chi connectivity index (χ2n) is 5.47. The zero-order valence-electron chi connectivity index (χ0n) is 14.0. The maximum atomic E-state index is 12.1. The highest BCUT2D eigenvalue weighted by molar-refractivity contribution is 14.1. The van der Waals surface area contributed by atoms with E-state index in [0.717, 1.165) is 26.6 Å². The zero-order chi connectivity index (χ0) is 19.4. The lowest BCUT2D eigenvalue weighted by atomic mass is 10.2. The molecule has 1 aromatic heterocycles. The van der Waals surface area contributed by atoms with Crippen LogP contribution in [0.15, 0.2) is 52.1 Å². The van der Waals surface area contributed by atoms with Gasteiger partial charge in [-0.3, -0.25) is 14.9 Å². The third-order valence-electron chi connectivity index (χ3n) is 3.52. The van der Waals surface area contributed by atoms with Crippen molar-refractivity contribution in [1.82, 2.24) is 10.2 Å². The molecular weight excluding hydrogens is 483 g/mol. The summed E-state index contributed by atoms with van der Waals surface area (Å²) in [7, 11) is 0. The number of anilines is 1. The van der Waals surface area contributed by atoms with E-state index in [0.29, 0.717) is 5.56 Å². The van der Waals surface area contributed by atoms with Crippen molar-refractivity contribution in [2.24, 2.45) is 0 Å². The van der Waals surface area contributed by atoms with Gasteiger partial charge in [0.1, 0.15) is 0 Å². The van der Waals surface area contributed by atoms with Gasteiger partial charge in [0.05, 0.1) is 10.7 Å². The maximum absolute atomic E-state index is 12.1. The van der Waals surface area contributed by atoms with Crippen LogP contribution in [-0.4, -0.2) is 26.8 Å². The molecule has 2 aromatic carbocycles. The summed E-state index contributed by atoms with van der Waals surface area (Å²) in [6.45, 7) is 1.93. The minimum absolute atomic E-state index is 0.0181. The zero-order valence-corrected chi connectivity index (χ0v) is 17.0. The van der Waals surface area contributed by atoms with Gasteiger partial charge in [-0.15, -0.1) is 10.2 Å². The summed E-state index contributed by atoms with van der Waals surface area (Å²) in [5, 5.41) is 21.6. The van der Waals surface area contributed by atoms with Gasteiger partial charge in [0.25, 0.3) is 10.9 Å². The van der Waals surface area contributed by atoms with Crippen molar-refractivity contribution in [2.75, 3.05) is 11.1 Å². The number of nitro groups is 1. The number of carbonyl (C=O) groups excluding carboxylic acids is 1. The molecule has 3 rings (SSSR count). The van der Waals surface area contributed by atoms with Crippen LogP contribution in [0.5, 0.6) is 0 Å². The van der Waals surface area contributed by atoms with Crippen LogP contribution in [0.2, 0.25) is 0 Å². The van der Waals surface area contributed by atoms with Crippen LogP contribution in [0.1, 0.15) is 5.56 Å². The predicted octanol–water partition coefficient (Wildman–Crippen LogP) is 4.29. The number of halogens is 1. The van der Waals surface area contributed by atoms with Crippen molar-refractivity contribution in [3.8, 4) is 11.5 Å². The highest BCUT2D eigenvalue weighted by atomic mass is 127. The van der Waals surface area contributed by atoms with E-state index in [1.165, 1.54) is 24.3 Å². The molecule has 0 aliphatic carbocycles. The van der Waals surface area contributed by atoms with Crippen LogP contribution in [-0.2, 0) is 4.79 Å². The number of carbonyl (C=O) groups is 1. The van der Waals surface area contributed by atoms with Gasteiger partial charge in [0, 0.05) is 27.0 Å². The maximum Gasteiger partial charge on any atom is 0.277 e. The molecule has 0 spiro atoms. The number of nitrogens with one attached hydrogen (secondary N) is 1. The lowest BCUT2D eigenvalue weighted by molar-refractivity contribution is -0.384. The highest BCUT2D eigenvalue weighted by Crippen LogP contribution is 2.25. The first-order valence-electron chi connectivity index (χ1n) is 7.69. The predicted molar refractivity (Wildman–Crippen MR) is 110 cm³/mol. The Morgan fingerprint density at radius 1 is 1.26 bits per heavy atom. The Labute approximate surface area is 172 Å². The second kappa shape index (κ2) is 8.48. The molecule has 1 N–H and O–H groups in total. The standard InChI is InChI=1S/C17H13IN4O4S/c1-10-8-12(18)4-7-14(10)19-15(23)9-27-17-21-20-16(26-17)11-2-5-13(6-3-11)22(24)25/h2-8H,9H2,1H3,(H,19,23). The molecule has 0 bridgehead atoms. The Morgan fingerprint density at radius 2 is 2.00 bits per heavy atom. The van der Waals surface area contributed by atoms with E-state index in [1.807, 2.05) is 25.1 Å². The number of non-ortho nitro benzene ring substituents is 1. The average Bonchev–Trinajstić information content (AvgIpc) is 3.11. The number of nitrogens with zero attached hydrogens (tertiary/aromatic N) is 3. The van der Waals surface area contributed by atoms with E-state index in [9.17, 15) is 14.9 Å². The van der Waals surface area contributed by atoms with Gasteiger partial charge < -0.3 is 9.73 Å². The molecule has 27 heavy (non-hydrogen) atoms. The molecule has 138 valence electrons. The number of benzene rings is 2. The van der Waals surface area contributed by atoms with Crippen molar-refractivity contribution in [2.45, 2.75) is 12.1 Å². The Kier molecular flexibility index (Phi) is 6.06. The summed E-state index contributed by atoms with van der Waals surface area (Å²) in [6, 6.07) is 11.6.